The second-order valence-corrected chi connectivity index (χ2v) is 5.82. The van der Waals surface area contributed by atoms with Gasteiger partial charge in [-0.2, -0.15) is 0 Å². The maximum absolute atomic E-state index is 12.2. The lowest BCUT2D eigenvalue weighted by atomic mass is 10.1. The summed E-state index contributed by atoms with van der Waals surface area (Å²) >= 11 is 6.01. The van der Waals surface area contributed by atoms with Gasteiger partial charge in [0, 0.05) is 6.07 Å². The normalized spacial score (nSPS) is 12.0. The van der Waals surface area contributed by atoms with Crippen LogP contribution in [-0.4, -0.2) is 29.2 Å². The van der Waals surface area contributed by atoms with Crippen LogP contribution in [0.1, 0.15) is 47.6 Å². The highest BCUT2D eigenvalue weighted by atomic mass is 35.5. The van der Waals surface area contributed by atoms with Gasteiger partial charge in [-0.15, -0.1) is 0 Å². The van der Waals surface area contributed by atoms with Gasteiger partial charge in [-0.25, -0.2) is 4.79 Å². The number of methoxy groups -OCH3 is 1. The summed E-state index contributed by atoms with van der Waals surface area (Å²) in [5, 5.41) is 15.8. The fraction of sp³-hybridized carbons (Fsp3) is 0.312. The molecule has 2 aromatic rings. The zero-order chi connectivity index (χ0) is 17.9. The van der Waals surface area contributed by atoms with Crippen LogP contribution in [0.4, 0.5) is 0 Å². The zero-order valence-electron chi connectivity index (χ0n) is 13.4. The minimum Gasteiger partial charge on any atom is -0.495 e. The van der Waals surface area contributed by atoms with Crippen LogP contribution in [0.5, 0.6) is 5.75 Å². The van der Waals surface area contributed by atoms with Gasteiger partial charge >= 0.3 is 5.97 Å². The number of halogens is 1. The molecule has 1 aromatic carbocycles. The van der Waals surface area contributed by atoms with Crippen molar-refractivity contribution in [2.75, 3.05) is 7.11 Å². The van der Waals surface area contributed by atoms with Crippen molar-refractivity contribution in [3.05, 3.63) is 46.3 Å². The molecule has 1 aromatic heterocycles. The third-order valence-corrected chi connectivity index (χ3v) is 3.67. The van der Waals surface area contributed by atoms with Gasteiger partial charge in [0.2, 0.25) is 5.76 Å². The van der Waals surface area contributed by atoms with E-state index in [0.717, 1.165) is 0 Å². The van der Waals surface area contributed by atoms with Gasteiger partial charge in [0.15, 0.2) is 6.04 Å². The lowest BCUT2D eigenvalue weighted by molar-refractivity contribution is -0.139. The van der Waals surface area contributed by atoms with Crippen LogP contribution in [0.3, 0.4) is 0 Å². The summed E-state index contributed by atoms with van der Waals surface area (Å²) < 4.78 is 9.99. The summed E-state index contributed by atoms with van der Waals surface area (Å²) in [5.74, 6) is -1.45. The van der Waals surface area contributed by atoms with E-state index in [9.17, 15) is 14.7 Å². The molecule has 1 atom stereocenters. The predicted octanol–water partition coefficient (Wildman–Crippen LogP) is 3.02. The van der Waals surface area contributed by atoms with Gasteiger partial charge in [-0.3, -0.25) is 4.79 Å². The van der Waals surface area contributed by atoms with E-state index in [1.54, 1.807) is 0 Å². The number of rotatable bonds is 6. The molecule has 2 N–H and O–H groups in total. The van der Waals surface area contributed by atoms with Crippen LogP contribution >= 0.6 is 11.6 Å². The summed E-state index contributed by atoms with van der Waals surface area (Å²) in [7, 11) is 1.45. The number of carbonyl (C=O) groups excluding carboxylic acids is 1. The van der Waals surface area contributed by atoms with E-state index in [2.05, 4.69) is 10.5 Å². The van der Waals surface area contributed by atoms with Crippen LogP contribution in [0, 0.1) is 0 Å². The first kappa shape index (κ1) is 17.8. The number of nitrogens with one attached hydrogen (secondary N) is 1. The highest BCUT2D eigenvalue weighted by molar-refractivity contribution is 6.32. The number of nitrogens with zero attached hydrogens (tertiary/aromatic N) is 1. The van der Waals surface area contributed by atoms with E-state index in [1.165, 1.54) is 31.4 Å². The minimum absolute atomic E-state index is 0.0513. The summed E-state index contributed by atoms with van der Waals surface area (Å²) in [5.41, 5.74) is 0.921. The molecule has 0 radical (unpaired) electrons. The van der Waals surface area contributed by atoms with Gasteiger partial charge < -0.3 is 19.7 Å². The van der Waals surface area contributed by atoms with E-state index >= 15 is 0 Å². The first-order valence-corrected chi connectivity index (χ1v) is 7.55. The molecule has 2 rings (SSSR count). The monoisotopic (exact) mass is 352 g/mol. The standard InChI is InChI=1S/C16H17ClN2O5/c1-8(2)11-7-13(24-19-11)15(20)18-14(16(21)22)9-4-5-12(23-3)10(17)6-9/h4-8,14H,1-3H3,(H,18,20)(H,21,22). The maximum atomic E-state index is 12.2. The quantitative estimate of drug-likeness (QED) is 0.828. The van der Waals surface area contributed by atoms with Gasteiger partial charge in [0.25, 0.3) is 5.91 Å². The molecule has 0 aliphatic rings. The van der Waals surface area contributed by atoms with Gasteiger partial charge in [0.05, 0.1) is 17.8 Å². The maximum Gasteiger partial charge on any atom is 0.330 e. The van der Waals surface area contributed by atoms with Crippen molar-refractivity contribution >= 4 is 23.5 Å². The molecule has 8 heteroatoms. The number of carbonyl (C=O) groups is 2. The summed E-state index contributed by atoms with van der Waals surface area (Å²) in [6.07, 6.45) is 0. The number of benzene rings is 1. The molecule has 0 aliphatic heterocycles. The van der Waals surface area contributed by atoms with Crippen molar-refractivity contribution < 1.29 is 24.0 Å². The summed E-state index contributed by atoms with van der Waals surface area (Å²) in [6.45, 7) is 3.80. The Labute approximate surface area is 143 Å². The Bertz CT molecular complexity index is 757. The SMILES string of the molecule is COc1ccc(C(NC(=O)c2cc(C(C)C)no2)C(=O)O)cc1Cl. The number of carboxylic acids is 1. The molecule has 0 saturated carbocycles. The lowest BCUT2D eigenvalue weighted by Gasteiger charge is -2.15. The van der Waals surface area contributed by atoms with Gasteiger partial charge in [0.1, 0.15) is 5.75 Å². The van der Waals surface area contributed by atoms with E-state index in [1.807, 2.05) is 13.8 Å². The number of carboxylic acid groups (broad SMARTS) is 1. The molecule has 0 spiro atoms. The highest BCUT2D eigenvalue weighted by Crippen LogP contribution is 2.28. The van der Waals surface area contributed by atoms with Crippen molar-refractivity contribution in [1.29, 1.82) is 0 Å². The molecule has 1 amide bonds. The Hall–Kier alpha value is -2.54. The number of ether oxygens (including phenoxy) is 1. The largest absolute Gasteiger partial charge is 0.495 e. The number of hydrogen-bond donors (Lipinski definition) is 2. The summed E-state index contributed by atoms with van der Waals surface area (Å²) in [4.78, 5) is 23.7. The third kappa shape index (κ3) is 3.86. The van der Waals surface area contributed by atoms with Gasteiger partial charge in [-0.1, -0.05) is 36.7 Å². The van der Waals surface area contributed by atoms with Crippen LogP contribution < -0.4 is 10.1 Å². The molecule has 0 bridgehead atoms. The lowest BCUT2D eigenvalue weighted by Crippen LogP contribution is -2.33. The minimum atomic E-state index is -1.28. The highest BCUT2D eigenvalue weighted by Gasteiger charge is 2.25. The molecule has 0 saturated heterocycles. The summed E-state index contributed by atoms with van der Waals surface area (Å²) in [6, 6.07) is 4.68. The van der Waals surface area contributed by atoms with Crippen LogP contribution in [0.15, 0.2) is 28.8 Å². The van der Waals surface area contributed by atoms with E-state index in [0.29, 0.717) is 17.0 Å². The second-order valence-electron chi connectivity index (χ2n) is 5.41. The molecular weight excluding hydrogens is 336 g/mol. The van der Waals surface area contributed by atoms with Crippen LogP contribution in [0.2, 0.25) is 5.02 Å². The molecule has 0 fully saturated rings. The smallest absolute Gasteiger partial charge is 0.330 e. The molecule has 128 valence electrons. The third-order valence-electron chi connectivity index (χ3n) is 3.38. The Morgan fingerprint density at radius 3 is 2.54 bits per heavy atom. The molecule has 1 heterocycles. The van der Waals surface area contributed by atoms with Crippen molar-refractivity contribution in [2.24, 2.45) is 0 Å². The average Bonchev–Trinajstić information content (AvgIpc) is 3.02. The Morgan fingerprint density at radius 2 is 2.04 bits per heavy atom. The molecule has 0 aliphatic carbocycles. The first-order chi connectivity index (χ1) is 11.3. The number of amides is 1. The van der Waals surface area contributed by atoms with E-state index in [-0.39, 0.29) is 16.7 Å². The van der Waals surface area contributed by atoms with Crippen LogP contribution in [-0.2, 0) is 4.79 Å². The number of hydrogen-bond acceptors (Lipinski definition) is 5. The number of aromatic nitrogens is 1. The first-order valence-electron chi connectivity index (χ1n) is 7.17. The Morgan fingerprint density at radius 1 is 1.33 bits per heavy atom. The number of aliphatic carboxylic acids is 1. The molecular formula is C16H17ClN2O5. The van der Waals surface area contributed by atoms with Crippen molar-refractivity contribution in [3.8, 4) is 5.75 Å². The van der Waals surface area contributed by atoms with Crippen LogP contribution in [0.25, 0.3) is 0 Å². The zero-order valence-corrected chi connectivity index (χ0v) is 14.1. The fourth-order valence-corrected chi connectivity index (χ4v) is 2.29. The molecule has 1 unspecified atom stereocenters. The molecule has 24 heavy (non-hydrogen) atoms. The predicted molar refractivity (Wildman–Crippen MR) is 86.4 cm³/mol. The van der Waals surface area contributed by atoms with Crippen molar-refractivity contribution in [2.45, 2.75) is 25.8 Å². The fourth-order valence-electron chi connectivity index (χ4n) is 2.02. The van der Waals surface area contributed by atoms with E-state index < -0.39 is 17.9 Å². The topological polar surface area (TPSA) is 102 Å². The Kier molecular flexibility index (Phi) is 5.46. The van der Waals surface area contributed by atoms with E-state index in [4.69, 9.17) is 20.9 Å². The van der Waals surface area contributed by atoms with Crippen molar-refractivity contribution in [1.82, 2.24) is 10.5 Å². The molecule has 7 nitrogen and oxygen atoms in total. The Balaban J connectivity index is 2.23. The average molecular weight is 353 g/mol. The second kappa shape index (κ2) is 7.35. The van der Waals surface area contributed by atoms with Gasteiger partial charge in [-0.05, 0) is 23.6 Å². The van der Waals surface area contributed by atoms with Crippen molar-refractivity contribution in [3.63, 3.8) is 0 Å².